The van der Waals surface area contributed by atoms with Gasteiger partial charge >= 0.3 is 0 Å². The predicted molar refractivity (Wildman–Crippen MR) is 155 cm³/mol. The number of carbonyl (C=O) groups is 2. The normalized spacial score (nSPS) is 17.1. The zero-order chi connectivity index (χ0) is 26.9. The quantitative estimate of drug-likeness (QED) is 0.428. The van der Waals surface area contributed by atoms with Gasteiger partial charge in [0.15, 0.2) is 0 Å². The number of anilines is 2. The van der Waals surface area contributed by atoms with Crippen molar-refractivity contribution in [1.82, 2.24) is 4.90 Å². The Labute approximate surface area is 228 Å². The van der Waals surface area contributed by atoms with Gasteiger partial charge in [-0.15, -0.1) is 0 Å². The number of nitrogens with zero attached hydrogens (tertiary/aromatic N) is 3. The van der Waals surface area contributed by atoms with Crippen LogP contribution >= 0.6 is 0 Å². The zero-order valence-corrected chi connectivity index (χ0v) is 23.6. The maximum Gasteiger partial charge on any atom is 0.254 e. The summed E-state index contributed by atoms with van der Waals surface area (Å²) in [4.78, 5) is 33.6. The van der Waals surface area contributed by atoms with Gasteiger partial charge in [-0.05, 0) is 68.4 Å². The molecule has 0 aliphatic carbocycles. The molecule has 0 bridgehead atoms. The van der Waals surface area contributed by atoms with E-state index in [9.17, 15) is 9.59 Å². The summed E-state index contributed by atoms with van der Waals surface area (Å²) >= 11 is 0. The van der Waals surface area contributed by atoms with Gasteiger partial charge < -0.3 is 19.4 Å². The lowest BCUT2D eigenvalue weighted by molar-refractivity contribution is -0.119. The molecule has 0 saturated carbocycles. The van der Waals surface area contributed by atoms with E-state index in [1.54, 1.807) is 0 Å². The number of benzene rings is 2. The molecule has 2 aliphatic heterocycles. The van der Waals surface area contributed by atoms with E-state index in [4.69, 9.17) is 4.74 Å². The number of ether oxygens (including phenoxy) is 1. The van der Waals surface area contributed by atoms with E-state index in [1.165, 1.54) is 12.8 Å². The second-order valence-electron chi connectivity index (χ2n) is 11.1. The van der Waals surface area contributed by atoms with Gasteiger partial charge in [-0.25, -0.2) is 0 Å². The topological polar surface area (TPSA) is 53.1 Å². The number of amides is 2. The minimum atomic E-state index is 0.0421. The lowest BCUT2D eigenvalue weighted by Crippen LogP contribution is -2.36. The van der Waals surface area contributed by atoms with Crippen molar-refractivity contribution in [2.45, 2.75) is 78.7 Å². The number of fused-ring (bicyclic) bond motifs is 1. The maximum atomic E-state index is 14.0. The summed E-state index contributed by atoms with van der Waals surface area (Å²) in [5.74, 6) is 1.37. The van der Waals surface area contributed by atoms with E-state index in [0.717, 1.165) is 74.4 Å². The van der Waals surface area contributed by atoms with Crippen molar-refractivity contribution in [3.63, 3.8) is 0 Å². The van der Waals surface area contributed by atoms with Crippen LogP contribution in [0.1, 0.15) is 88.1 Å². The Hall–Kier alpha value is -3.02. The molecule has 2 aliphatic rings. The van der Waals surface area contributed by atoms with Gasteiger partial charge in [-0.3, -0.25) is 9.59 Å². The molecule has 206 valence electrons. The third-order valence-electron chi connectivity index (χ3n) is 7.58. The SMILES string of the molecule is CCOc1ccc(C(=O)N2CCCCCCCN(C(=O)CC(C)C)c3ccccc3C2)cc1N1CCCC1. The fourth-order valence-electron chi connectivity index (χ4n) is 5.62. The Morgan fingerprint density at radius 1 is 0.842 bits per heavy atom. The Morgan fingerprint density at radius 3 is 2.26 bits per heavy atom. The van der Waals surface area contributed by atoms with E-state index in [0.29, 0.717) is 37.6 Å². The van der Waals surface area contributed by atoms with Gasteiger partial charge in [-0.1, -0.05) is 51.3 Å². The average molecular weight is 520 g/mol. The number of hydrogen-bond acceptors (Lipinski definition) is 4. The molecular formula is C32H45N3O3. The molecule has 4 rings (SSSR count). The minimum Gasteiger partial charge on any atom is -0.492 e. The van der Waals surface area contributed by atoms with Gasteiger partial charge in [0.25, 0.3) is 5.91 Å². The van der Waals surface area contributed by atoms with Crippen molar-refractivity contribution >= 4 is 23.2 Å². The zero-order valence-electron chi connectivity index (χ0n) is 23.6. The van der Waals surface area contributed by atoms with Crippen molar-refractivity contribution in [3.05, 3.63) is 53.6 Å². The van der Waals surface area contributed by atoms with Crippen LogP contribution in [0.25, 0.3) is 0 Å². The molecule has 2 aromatic rings. The van der Waals surface area contributed by atoms with Crippen LogP contribution in [0, 0.1) is 5.92 Å². The molecule has 6 heteroatoms. The fraction of sp³-hybridized carbons (Fsp3) is 0.562. The first-order valence-corrected chi connectivity index (χ1v) is 14.7. The van der Waals surface area contributed by atoms with Crippen LogP contribution in [0.2, 0.25) is 0 Å². The third-order valence-corrected chi connectivity index (χ3v) is 7.58. The summed E-state index contributed by atoms with van der Waals surface area (Å²) in [6.07, 6.45) is 8.16. The van der Waals surface area contributed by atoms with Crippen LogP contribution in [0.15, 0.2) is 42.5 Å². The van der Waals surface area contributed by atoms with Crippen LogP contribution in [0.5, 0.6) is 5.75 Å². The van der Waals surface area contributed by atoms with Crippen molar-refractivity contribution in [2.24, 2.45) is 5.92 Å². The van der Waals surface area contributed by atoms with Crippen LogP contribution < -0.4 is 14.5 Å². The lowest BCUT2D eigenvalue weighted by atomic mass is 10.0. The molecule has 1 saturated heterocycles. The summed E-state index contributed by atoms with van der Waals surface area (Å²) in [6.45, 7) is 10.7. The first-order chi connectivity index (χ1) is 18.5. The molecule has 2 aromatic carbocycles. The number of rotatable bonds is 6. The summed E-state index contributed by atoms with van der Waals surface area (Å²) in [5.41, 5.74) is 3.70. The highest BCUT2D eigenvalue weighted by Crippen LogP contribution is 2.33. The van der Waals surface area contributed by atoms with Gasteiger partial charge in [-0.2, -0.15) is 0 Å². The standard InChI is InChI=1S/C32H45N3O3/c1-4-38-30-17-16-26(23-29(30)33-18-12-13-19-33)32(37)34-20-10-6-5-7-11-21-35(31(36)22-25(2)3)28-15-9-8-14-27(28)24-34/h8-9,14-17,23,25H,4-7,10-13,18-22,24H2,1-3H3. The van der Waals surface area contributed by atoms with Gasteiger partial charge in [0.05, 0.1) is 12.3 Å². The van der Waals surface area contributed by atoms with E-state index in [2.05, 4.69) is 24.8 Å². The Bertz CT molecular complexity index is 1080. The maximum absolute atomic E-state index is 14.0. The first-order valence-electron chi connectivity index (χ1n) is 14.7. The molecule has 6 nitrogen and oxygen atoms in total. The summed E-state index contributed by atoms with van der Waals surface area (Å²) in [5, 5.41) is 0. The molecule has 0 N–H and O–H groups in total. The number of carbonyl (C=O) groups excluding carboxylic acids is 2. The van der Waals surface area contributed by atoms with Crippen molar-refractivity contribution in [3.8, 4) is 5.75 Å². The van der Waals surface area contributed by atoms with Gasteiger partial charge in [0.1, 0.15) is 5.75 Å². The van der Waals surface area contributed by atoms with Gasteiger partial charge in [0, 0.05) is 50.4 Å². The summed E-state index contributed by atoms with van der Waals surface area (Å²) in [6, 6.07) is 14.0. The van der Waals surface area contributed by atoms with E-state index < -0.39 is 0 Å². The largest absolute Gasteiger partial charge is 0.492 e. The summed E-state index contributed by atoms with van der Waals surface area (Å²) < 4.78 is 5.93. The number of hydrogen-bond donors (Lipinski definition) is 0. The molecule has 2 heterocycles. The minimum absolute atomic E-state index is 0.0421. The smallest absolute Gasteiger partial charge is 0.254 e. The van der Waals surface area contributed by atoms with Gasteiger partial charge in [0.2, 0.25) is 5.91 Å². The van der Waals surface area contributed by atoms with Crippen LogP contribution in [-0.4, -0.2) is 49.5 Å². The molecular weight excluding hydrogens is 474 g/mol. The van der Waals surface area contributed by atoms with E-state index >= 15 is 0 Å². The Kier molecular flexibility index (Phi) is 10.1. The monoisotopic (exact) mass is 519 g/mol. The fourth-order valence-corrected chi connectivity index (χ4v) is 5.62. The van der Waals surface area contributed by atoms with Crippen molar-refractivity contribution in [1.29, 1.82) is 0 Å². The second-order valence-corrected chi connectivity index (χ2v) is 11.1. The molecule has 1 fully saturated rings. The molecule has 0 spiro atoms. The third kappa shape index (κ3) is 7.09. The van der Waals surface area contributed by atoms with Crippen LogP contribution in [-0.2, 0) is 11.3 Å². The molecule has 0 atom stereocenters. The summed E-state index contributed by atoms with van der Waals surface area (Å²) in [7, 11) is 0. The van der Waals surface area contributed by atoms with E-state index in [1.807, 2.05) is 53.1 Å². The average Bonchev–Trinajstić information content (AvgIpc) is 3.43. The molecule has 2 amide bonds. The Morgan fingerprint density at radius 2 is 1.53 bits per heavy atom. The highest BCUT2D eigenvalue weighted by Gasteiger charge is 2.25. The highest BCUT2D eigenvalue weighted by atomic mass is 16.5. The van der Waals surface area contributed by atoms with E-state index in [-0.39, 0.29) is 11.8 Å². The van der Waals surface area contributed by atoms with Crippen LogP contribution in [0.3, 0.4) is 0 Å². The molecule has 0 unspecified atom stereocenters. The predicted octanol–water partition coefficient (Wildman–Crippen LogP) is 6.67. The van der Waals surface area contributed by atoms with Crippen molar-refractivity contribution in [2.75, 3.05) is 42.6 Å². The molecule has 0 aromatic heterocycles. The first kappa shape index (κ1) is 28.0. The molecule has 38 heavy (non-hydrogen) atoms. The molecule has 0 radical (unpaired) electrons. The Balaban J connectivity index is 1.65. The second kappa shape index (κ2) is 13.7. The number of para-hydroxylation sites is 1. The van der Waals surface area contributed by atoms with Crippen LogP contribution in [0.4, 0.5) is 11.4 Å². The highest BCUT2D eigenvalue weighted by molar-refractivity contribution is 5.96. The lowest BCUT2D eigenvalue weighted by Gasteiger charge is -2.30. The van der Waals surface area contributed by atoms with Crippen molar-refractivity contribution < 1.29 is 14.3 Å².